The topological polar surface area (TPSA) is 77.6 Å². The van der Waals surface area contributed by atoms with Crippen LogP contribution in [0.15, 0.2) is 36.5 Å². The van der Waals surface area contributed by atoms with Gasteiger partial charge in [-0.3, -0.25) is 9.59 Å². The minimum absolute atomic E-state index is 0.0676. The number of benzene rings is 1. The summed E-state index contributed by atoms with van der Waals surface area (Å²) in [5.41, 5.74) is 1.12. The van der Waals surface area contributed by atoms with E-state index in [1.54, 1.807) is 49.0 Å². The van der Waals surface area contributed by atoms with E-state index in [-0.39, 0.29) is 23.5 Å². The largest absolute Gasteiger partial charge is 0.343 e. The van der Waals surface area contributed by atoms with Gasteiger partial charge in [0.25, 0.3) is 0 Å². The van der Waals surface area contributed by atoms with E-state index in [1.165, 1.54) is 18.3 Å². The molecule has 2 heterocycles. The number of pyridine rings is 1. The molecule has 4 rings (SSSR count). The molecule has 1 aromatic carbocycles. The Morgan fingerprint density at radius 1 is 1.08 bits per heavy atom. The van der Waals surface area contributed by atoms with Crippen molar-refractivity contribution in [3.05, 3.63) is 53.7 Å². The van der Waals surface area contributed by atoms with Gasteiger partial charge < -0.3 is 20.4 Å². The highest BCUT2D eigenvalue weighted by Crippen LogP contribution is 2.37. The Balaban J connectivity index is 1.60. The number of carbonyl (C=O) groups is 2. The molecule has 2 aromatic rings. The first-order chi connectivity index (χ1) is 17.8. The third-order valence-electron chi connectivity index (χ3n) is 7.83. The Labute approximate surface area is 217 Å². The van der Waals surface area contributed by atoms with E-state index < -0.39 is 23.9 Å². The van der Waals surface area contributed by atoms with E-state index >= 15 is 4.39 Å². The lowest BCUT2D eigenvalue weighted by Crippen LogP contribution is -2.55. The van der Waals surface area contributed by atoms with Crippen molar-refractivity contribution in [1.29, 1.82) is 0 Å². The average molecular weight is 514 g/mol. The van der Waals surface area contributed by atoms with Gasteiger partial charge in [0.15, 0.2) is 0 Å². The molecule has 2 aliphatic rings. The molecule has 1 aliphatic heterocycles. The van der Waals surface area contributed by atoms with Crippen molar-refractivity contribution in [3.63, 3.8) is 0 Å². The van der Waals surface area contributed by atoms with Gasteiger partial charge in [0.05, 0.1) is 18.3 Å². The van der Waals surface area contributed by atoms with Gasteiger partial charge in [0.1, 0.15) is 23.5 Å². The molecule has 3 atom stereocenters. The fourth-order valence-electron chi connectivity index (χ4n) is 5.47. The standard InChI is InChI=1S/C28H37F2N5O2/c1-18(31-2)27(36)33-26(19-8-5-4-6-9-19)28(37)35-15-7-10-24(35)22-16-25(32-17-23(22)30)34(3)21-13-11-20(29)12-14-21/h11-14,16-19,24,26,31H,4-10,15H2,1-3H3,(H,33,36)/t18?,24-,26?/m0/s1. The highest BCUT2D eigenvalue weighted by molar-refractivity contribution is 5.90. The molecule has 1 saturated heterocycles. The van der Waals surface area contributed by atoms with Gasteiger partial charge in [-0.1, -0.05) is 19.3 Å². The van der Waals surface area contributed by atoms with Crippen LogP contribution in [0, 0.1) is 17.6 Å². The van der Waals surface area contributed by atoms with Gasteiger partial charge >= 0.3 is 0 Å². The molecule has 0 radical (unpaired) electrons. The number of nitrogens with zero attached hydrogens (tertiary/aromatic N) is 3. The summed E-state index contributed by atoms with van der Waals surface area (Å²) < 4.78 is 28.5. The van der Waals surface area contributed by atoms with Gasteiger partial charge in [0, 0.05) is 24.8 Å². The summed E-state index contributed by atoms with van der Waals surface area (Å²) in [6.07, 6.45) is 7.54. The zero-order valence-corrected chi connectivity index (χ0v) is 21.8. The molecular formula is C28H37F2N5O2. The van der Waals surface area contributed by atoms with Crippen molar-refractivity contribution in [3.8, 4) is 0 Å². The number of rotatable bonds is 8. The van der Waals surface area contributed by atoms with Crippen molar-refractivity contribution in [2.75, 3.05) is 25.5 Å². The molecule has 2 N–H and O–H groups in total. The maximum Gasteiger partial charge on any atom is 0.245 e. The summed E-state index contributed by atoms with van der Waals surface area (Å²) in [5.74, 6) is -0.590. The van der Waals surface area contributed by atoms with Crippen molar-refractivity contribution in [2.45, 2.75) is 70.0 Å². The summed E-state index contributed by atoms with van der Waals surface area (Å²) in [7, 11) is 3.50. The number of likely N-dealkylation sites (N-methyl/N-ethyl adjacent to an activating group) is 1. The lowest BCUT2D eigenvalue weighted by Gasteiger charge is -2.35. The molecule has 2 amide bonds. The van der Waals surface area contributed by atoms with Crippen LogP contribution in [-0.4, -0.2) is 54.4 Å². The minimum Gasteiger partial charge on any atom is -0.343 e. The zero-order chi connectivity index (χ0) is 26.5. The third-order valence-corrected chi connectivity index (χ3v) is 7.83. The lowest BCUT2D eigenvalue weighted by atomic mass is 9.83. The highest BCUT2D eigenvalue weighted by Gasteiger charge is 2.40. The Morgan fingerprint density at radius 2 is 1.78 bits per heavy atom. The second-order valence-corrected chi connectivity index (χ2v) is 10.2. The number of aromatic nitrogens is 1. The van der Waals surface area contributed by atoms with E-state index in [4.69, 9.17) is 0 Å². The highest BCUT2D eigenvalue weighted by atomic mass is 19.1. The molecule has 2 unspecified atom stereocenters. The molecular weight excluding hydrogens is 476 g/mol. The Kier molecular flexibility index (Phi) is 8.74. The summed E-state index contributed by atoms with van der Waals surface area (Å²) in [6.45, 7) is 2.27. The molecule has 200 valence electrons. The first kappa shape index (κ1) is 27.0. The third kappa shape index (κ3) is 6.09. The molecule has 37 heavy (non-hydrogen) atoms. The van der Waals surface area contributed by atoms with E-state index in [0.29, 0.717) is 30.0 Å². The second kappa shape index (κ2) is 12.0. The fraction of sp³-hybridized carbons (Fsp3) is 0.536. The quantitative estimate of drug-likeness (QED) is 0.545. The van der Waals surface area contributed by atoms with Crippen LogP contribution in [0.3, 0.4) is 0 Å². The number of amides is 2. The Hall–Kier alpha value is -3.07. The fourth-order valence-corrected chi connectivity index (χ4v) is 5.47. The van der Waals surface area contributed by atoms with Crippen LogP contribution in [0.5, 0.6) is 0 Å². The number of carbonyl (C=O) groups excluding carboxylic acids is 2. The number of nitrogens with one attached hydrogen (secondary N) is 2. The molecule has 1 aliphatic carbocycles. The minimum atomic E-state index is -0.629. The first-order valence-corrected chi connectivity index (χ1v) is 13.2. The molecule has 2 fully saturated rings. The van der Waals surface area contributed by atoms with Gasteiger partial charge in [-0.25, -0.2) is 13.8 Å². The van der Waals surface area contributed by atoms with Crippen LogP contribution >= 0.6 is 0 Å². The summed E-state index contributed by atoms with van der Waals surface area (Å²) in [5, 5.41) is 5.96. The summed E-state index contributed by atoms with van der Waals surface area (Å²) in [4.78, 5) is 34.5. The maximum atomic E-state index is 15.1. The number of likely N-dealkylation sites (tertiary alicyclic amines) is 1. The number of hydrogen-bond donors (Lipinski definition) is 2. The Morgan fingerprint density at radius 3 is 2.46 bits per heavy atom. The average Bonchev–Trinajstić information content (AvgIpc) is 3.41. The molecule has 7 nitrogen and oxygen atoms in total. The summed E-state index contributed by atoms with van der Waals surface area (Å²) >= 11 is 0. The SMILES string of the molecule is CNC(C)C(=O)NC(C(=O)N1CCC[C@H]1c1cc(N(C)c2ccc(F)cc2)ncc1F)C1CCCCC1. The predicted octanol–water partition coefficient (Wildman–Crippen LogP) is 4.46. The van der Waals surface area contributed by atoms with Crippen LogP contribution in [0.1, 0.15) is 63.5 Å². The predicted molar refractivity (Wildman–Crippen MR) is 139 cm³/mol. The van der Waals surface area contributed by atoms with Gasteiger partial charge in [0.2, 0.25) is 11.8 Å². The van der Waals surface area contributed by atoms with Gasteiger partial charge in [-0.2, -0.15) is 0 Å². The molecule has 0 bridgehead atoms. The number of anilines is 2. The van der Waals surface area contributed by atoms with Crippen molar-refractivity contribution in [2.24, 2.45) is 5.92 Å². The van der Waals surface area contributed by atoms with E-state index in [0.717, 1.165) is 38.5 Å². The van der Waals surface area contributed by atoms with Crippen LogP contribution < -0.4 is 15.5 Å². The van der Waals surface area contributed by atoms with Crippen LogP contribution in [-0.2, 0) is 9.59 Å². The van der Waals surface area contributed by atoms with Crippen LogP contribution in [0.2, 0.25) is 0 Å². The monoisotopic (exact) mass is 513 g/mol. The Bertz CT molecular complexity index is 1090. The first-order valence-electron chi connectivity index (χ1n) is 13.2. The lowest BCUT2D eigenvalue weighted by molar-refractivity contribution is -0.139. The second-order valence-electron chi connectivity index (χ2n) is 10.2. The molecule has 0 spiro atoms. The van der Waals surface area contributed by atoms with E-state index in [9.17, 15) is 14.0 Å². The maximum absolute atomic E-state index is 15.1. The smallest absolute Gasteiger partial charge is 0.245 e. The van der Waals surface area contributed by atoms with Gasteiger partial charge in [-0.05, 0) is 75.9 Å². The van der Waals surface area contributed by atoms with Crippen molar-refractivity contribution in [1.82, 2.24) is 20.5 Å². The molecule has 1 aromatic heterocycles. The van der Waals surface area contributed by atoms with E-state index in [2.05, 4.69) is 15.6 Å². The van der Waals surface area contributed by atoms with Crippen LogP contribution in [0.4, 0.5) is 20.3 Å². The normalized spacial score (nSPS) is 19.9. The molecule has 1 saturated carbocycles. The zero-order valence-electron chi connectivity index (χ0n) is 21.8. The van der Waals surface area contributed by atoms with Crippen molar-refractivity contribution < 1.29 is 18.4 Å². The van der Waals surface area contributed by atoms with Crippen molar-refractivity contribution >= 4 is 23.3 Å². The molecule has 9 heteroatoms. The van der Waals surface area contributed by atoms with Crippen LogP contribution in [0.25, 0.3) is 0 Å². The van der Waals surface area contributed by atoms with E-state index in [1.807, 2.05) is 0 Å². The summed E-state index contributed by atoms with van der Waals surface area (Å²) in [6, 6.07) is 6.17. The number of halogens is 2. The number of hydrogen-bond acceptors (Lipinski definition) is 5. The van der Waals surface area contributed by atoms with Gasteiger partial charge in [-0.15, -0.1) is 0 Å².